The fourth-order valence-electron chi connectivity index (χ4n) is 2.31. The molecular weight excluding hydrogens is 320 g/mol. The first-order valence-electron chi connectivity index (χ1n) is 9.44. The fourth-order valence-corrected chi connectivity index (χ4v) is 2.31. The number of carbonyl (C=O) groups is 2. The third-order valence-electron chi connectivity index (χ3n) is 4.09. The normalized spacial score (nSPS) is 13.3. The maximum absolute atomic E-state index is 11.6. The molecule has 0 aliphatic rings. The minimum absolute atomic E-state index is 0.0464. The van der Waals surface area contributed by atoms with Gasteiger partial charge in [-0.1, -0.05) is 19.3 Å². The summed E-state index contributed by atoms with van der Waals surface area (Å²) in [6.07, 6.45) is 7.29. The van der Waals surface area contributed by atoms with Crippen molar-refractivity contribution in [3.8, 4) is 0 Å². The Morgan fingerprint density at radius 3 is 1.40 bits per heavy atom. The molecule has 0 radical (unpaired) electrons. The third kappa shape index (κ3) is 16.0. The number of hydrogen-bond donors (Lipinski definition) is 6. The Labute approximate surface area is 151 Å². The summed E-state index contributed by atoms with van der Waals surface area (Å²) in [5, 5.41) is 5.70. The van der Waals surface area contributed by atoms with Gasteiger partial charge in [0.25, 0.3) is 0 Å². The van der Waals surface area contributed by atoms with Crippen LogP contribution >= 0.6 is 0 Å². The zero-order chi connectivity index (χ0) is 18.9. The minimum atomic E-state index is -0.0464. The van der Waals surface area contributed by atoms with E-state index in [1.807, 2.05) is 0 Å². The van der Waals surface area contributed by atoms with Gasteiger partial charge in [0, 0.05) is 51.1 Å². The minimum Gasteiger partial charge on any atom is -0.356 e. The van der Waals surface area contributed by atoms with E-state index in [2.05, 4.69) is 10.6 Å². The van der Waals surface area contributed by atoms with Crippen LogP contribution in [0.25, 0.3) is 0 Å². The van der Waals surface area contributed by atoms with E-state index in [1.165, 1.54) is 0 Å². The molecule has 0 rings (SSSR count). The summed E-state index contributed by atoms with van der Waals surface area (Å²) in [7, 11) is 0. The number of nitrogens with two attached hydrogens (primary N) is 4. The molecule has 0 aromatic heterocycles. The smallest absolute Gasteiger partial charge is 0.219 e. The highest BCUT2D eigenvalue weighted by Gasteiger charge is 2.05. The van der Waals surface area contributed by atoms with E-state index in [0.29, 0.717) is 51.9 Å². The van der Waals surface area contributed by atoms with Crippen LogP contribution in [0, 0.1) is 0 Å². The molecule has 0 saturated heterocycles. The standard InChI is InChI=1S/C17H38N6O2/c18-12-14(20)8-10-22-16(24)6-4-2-1-3-5-7-17(25)23-11-9-15(21)13-19/h14-15H,1-13,18-21H2,(H,22,24)(H,23,25). The second-order valence-electron chi connectivity index (χ2n) is 6.54. The van der Waals surface area contributed by atoms with Crippen molar-refractivity contribution in [2.45, 2.75) is 69.9 Å². The lowest BCUT2D eigenvalue weighted by molar-refractivity contribution is -0.121. The van der Waals surface area contributed by atoms with Gasteiger partial charge in [-0.05, 0) is 25.7 Å². The van der Waals surface area contributed by atoms with Crippen LogP contribution in [0.4, 0.5) is 0 Å². The maximum atomic E-state index is 11.6. The van der Waals surface area contributed by atoms with Gasteiger partial charge in [-0.15, -0.1) is 0 Å². The quantitative estimate of drug-likeness (QED) is 0.200. The number of rotatable bonds is 16. The fraction of sp³-hybridized carbons (Fsp3) is 0.882. The van der Waals surface area contributed by atoms with E-state index in [4.69, 9.17) is 22.9 Å². The topological polar surface area (TPSA) is 162 Å². The lowest BCUT2D eigenvalue weighted by atomic mass is 10.1. The molecule has 0 saturated carbocycles. The second kappa shape index (κ2) is 16.3. The van der Waals surface area contributed by atoms with Crippen LogP contribution in [-0.2, 0) is 9.59 Å². The molecule has 2 unspecified atom stereocenters. The molecule has 0 aromatic rings. The van der Waals surface area contributed by atoms with E-state index >= 15 is 0 Å². The van der Waals surface area contributed by atoms with Crippen molar-refractivity contribution < 1.29 is 9.59 Å². The Kier molecular flexibility index (Phi) is 15.5. The highest BCUT2D eigenvalue weighted by molar-refractivity contribution is 5.76. The van der Waals surface area contributed by atoms with Crippen LogP contribution in [0.2, 0.25) is 0 Å². The molecule has 2 amide bonds. The molecule has 0 aliphatic carbocycles. The van der Waals surface area contributed by atoms with Crippen molar-refractivity contribution in [1.82, 2.24) is 10.6 Å². The summed E-state index contributed by atoms with van der Waals surface area (Å²) < 4.78 is 0. The first-order valence-corrected chi connectivity index (χ1v) is 9.44. The molecule has 0 bridgehead atoms. The predicted molar refractivity (Wildman–Crippen MR) is 102 cm³/mol. The lowest BCUT2D eigenvalue weighted by Crippen LogP contribution is -2.34. The van der Waals surface area contributed by atoms with Crippen LogP contribution in [0.3, 0.4) is 0 Å². The number of nitrogens with one attached hydrogen (secondary N) is 2. The Morgan fingerprint density at radius 1 is 0.680 bits per heavy atom. The van der Waals surface area contributed by atoms with Crippen molar-refractivity contribution in [2.75, 3.05) is 26.2 Å². The molecule has 0 heterocycles. The average molecular weight is 359 g/mol. The Balaban J connectivity index is 3.37. The van der Waals surface area contributed by atoms with E-state index in [-0.39, 0.29) is 23.9 Å². The largest absolute Gasteiger partial charge is 0.356 e. The lowest BCUT2D eigenvalue weighted by Gasteiger charge is -2.10. The molecule has 8 heteroatoms. The first kappa shape index (κ1) is 23.8. The predicted octanol–water partition coefficient (Wildman–Crippen LogP) is -0.698. The van der Waals surface area contributed by atoms with Gasteiger partial charge in [0.1, 0.15) is 0 Å². The molecule has 0 fully saturated rings. The molecule has 2 atom stereocenters. The summed E-state index contributed by atoms with van der Waals surface area (Å²) in [6.45, 7) is 2.05. The van der Waals surface area contributed by atoms with Gasteiger partial charge < -0.3 is 33.6 Å². The zero-order valence-electron chi connectivity index (χ0n) is 15.5. The van der Waals surface area contributed by atoms with Crippen molar-refractivity contribution >= 4 is 11.8 Å². The van der Waals surface area contributed by atoms with Crippen molar-refractivity contribution in [3.05, 3.63) is 0 Å². The van der Waals surface area contributed by atoms with Crippen molar-refractivity contribution in [3.63, 3.8) is 0 Å². The van der Waals surface area contributed by atoms with Gasteiger partial charge in [0.15, 0.2) is 0 Å². The van der Waals surface area contributed by atoms with Crippen LogP contribution in [0.1, 0.15) is 57.8 Å². The number of carbonyl (C=O) groups excluding carboxylic acids is 2. The van der Waals surface area contributed by atoms with Gasteiger partial charge in [-0.2, -0.15) is 0 Å². The number of hydrogen-bond acceptors (Lipinski definition) is 6. The Bertz CT molecular complexity index is 322. The number of amides is 2. The van der Waals surface area contributed by atoms with E-state index in [0.717, 1.165) is 32.1 Å². The zero-order valence-corrected chi connectivity index (χ0v) is 15.5. The monoisotopic (exact) mass is 358 g/mol. The summed E-state index contributed by atoms with van der Waals surface area (Å²) >= 11 is 0. The molecule has 148 valence electrons. The average Bonchev–Trinajstić information content (AvgIpc) is 2.60. The van der Waals surface area contributed by atoms with Crippen LogP contribution < -0.4 is 33.6 Å². The van der Waals surface area contributed by atoms with Gasteiger partial charge in [-0.3, -0.25) is 9.59 Å². The molecular formula is C17H38N6O2. The summed E-state index contributed by atoms with van der Waals surface area (Å²) in [5.41, 5.74) is 22.2. The highest BCUT2D eigenvalue weighted by atomic mass is 16.2. The molecule has 10 N–H and O–H groups in total. The molecule has 0 aliphatic heterocycles. The summed E-state index contributed by atoms with van der Waals surface area (Å²) in [4.78, 5) is 23.2. The van der Waals surface area contributed by atoms with E-state index in [1.54, 1.807) is 0 Å². The van der Waals surface area contributed by atoms with Gasteiger partial charge in [0.2, 0.25) is 11.8 Å². The number of unbranched alkanes of at least 4 members (excludes halogenated alkanes) is 4. The molecule has 25 heavy (non-hydrogen) atoms. The maximum Gasteiger partial charge on any atom is 0.219 e. The van der Waals surface area contributed by atoms with E-state index in [9.17, 15) is 9.59 Å². The Hall–Kier alpha value is -1.22. The van der Waals surface area contributed by atoms with Crippen molar-refractivity contribution in [1.29, 1.82) is 0 Å². The van der Waals surface area contributed by atoms with Gasteiger partial charge in [0.05, 0.1) is 0 Å². The van der Waals surface area contributed by atoms with Gasteiger partial charge in [-0.25, -0.2) is 0 Å². The van der Waals surface area contributed by atoms with E-state index < -0.39 is 0 Å². The highest BCUT2D eigenvalue weighted by Crippen LogP contribution is 2.07. The van der Waals surface area contributed by atoms with Crippen LogP contribution in [0.5, 0.6) is 0 Å². The molecule has 8 nitrogen and oxygen atoms in total. The summed E-state index contributed by atoms with van der Waals surface area (Å²) in [5.74, 6) is 0.138. The molecule has 0 aromatic carbocycles. The molecule has 0 spiro atoms. The Morgan fingerprint density at radius 2 is 1.04 bits per heavy atom. The SMILES string of the molecule is NCC(N)CCNC(=O)CCCCCCCC(=O)NCCC(N)CN. The summed E-state index contributed by atoms with van der Waals surface area (Å²) in [6, 6.07) is -0.0928. The third-order valence-corrected chi connectivity index (χ3v) is 4.09. The second-order valence-corrected chi connectivity index (χ2v) is 6.54. The van der Waals surface area contributed by atoms with Crippen molar-refractivity contribution in [2.24, 2.45) is 22.9 Å². The first-order chi connectivity index (χ1) is 12.0. The van der Waals surface area contributed by atoms with Crippen LogP contribution in [-0.4, -0.2) is 50.1 Å². The van der Waals surface area contributed by atoms with Crippen LogP contribution in [0.15, 0.2) is 0 Å². The van der Waals surface area contributed by atoms with Gasteiger partial charge >= 0.3 is 0 Å².